The van der Waals surface area contributed by atoms with E-state index >= 15 is 0 Å². The lowest BCUT2D eigenvalue weighted by Gasteiger charge is -2.38. The van der Waals surface area contributed by atoms with Gasteiger partial charge in [0.05, 0.1) is 18.7 Å². The highest BCUT2D eigenvalue weighted by atomic mass is 35.5. The maximum Gasteiger partial charge on any atom is 0.341 e. The summed E-state index contributed by atoms with van der Waals surface area (Å²) in [6, 6.07) is 9.58. The molecular formula is C30H28ClFN6O6S. The number of ether oxygens (including phenoxy) is 2. The molecule has 12 nitrogen and oxygen atoms in total. The number of carbonyl (C=O) groups is 3. The van der Waals surface area contributed by atoms with Crippen LogP contribution in [0.3, 0.4) is 0 Å². The number of piperazine rings is 1. The maximum atomic E-state index is 14.0. The van der Waals surface area contributed by atoms with Crippen LogP contribution in [0, 0.1) is 5.82 Å². The van der Waals surface area contributed by atoms with Crippen molar-refractivity contribution in [3.8, 4) is 5.75 Å². The zero-order valence-electron chi connectivity index (χ0n) is 24.0. The predicted molar refractivity (Wildman–Crippen MR) is 164 cm³/mol. The molecule has 6 rings (SSSR count). The monoisotopic (exact) mass is 654 g/mol. The largest absolute Gasteiger partial charge is 0.482 e. The molecule has 2 aromatic carbocycles. The molecule has 0 radical (unpaired) electrons. The SMILES string of the molecule is COC(=O)C1=C(CN2CCN3C(=O)N(c4cccc(OCC(=O)O)c4)C[C@@H]3C2)NC(c2nccs2)=N[C@H]1c1ccc(F)cc1Cl. The summed E-state index contributed by atoms with van der Waals surface area (Å²) in [6.07, 6.45) is 1.65. The van der Waals surface area contributed by atoms with Crippen molar-refractivity contribution < 1.29 is 33.4 Å². The molecule has 2 amide bonds. The Labute approximate surface area is 266 Å². The Balaban J connectivity index is 1.26. The van der Waals surface area contributed by atoms with Gasteiger partial charge in [-0.15, -0.1) is 11.3 Å². The molecule has 3 aliphatic rings. The molecule has 0 saturated carbocycles. The normalized spacial score (nSPS) is 20.1. The number of carboxylic acids is 1. The average Bonchev–Trinajstić information content (AvgIpc) is 3.68. The van der Waals surface area contributed by atoms with Gasteiger partial charge in [-0.2, -0.15) is 0 Å². The van der Waals surface area contributed by atoms with E-state index in [1.807, 2.05) is 10.3 Å². The van der Waals surface area contributed by atoms with Crippen LogP contribution in [-0.4, -0.2) is 96.2 Å². The second kappa shape index (κ2) is 12.8. The molecule has 2 saturated heterocycles. The summed E-state index contributed by atoms with van der Waals surface area (Å²) in [4.78, 5) is 52.3. The number of nitrogens with one attached hydrogen (secondary N) is 1. The van der Waals surface area contributed by atoms with Gasteiger partial charge in [-0.3, -0.25) is 14.8 Å². The molecule has 0 unspecified atom stereocenters. The molecule has 1 aromatic heterocycles. The van der Waals surface area contributed by atoms with Crippen molar-refractivity contribution in [3.05, 3.63) is 86.7 Å². The van der Waals surface area contributed by atoms with Crippen molar-refractivity contribution in [2.45, 2.75) is 12.1 Å². The standard InChI is InChI=1S/C30H28ClFN6O6S/c1-43-29(41)25-23(34-27(28-33-7-10-45-28)35-26(25)21-6-5-17(32)11-22(21)31)15-36-8-9-37-19(13-36)14-38(30(37)42)18-3-2-4-20(12-18)44-16-24(39)40/h2-7,10-12,19,26H,8-9,13-16H2,1H3,(H,34,35)(H,39,40)/t19-,26-/m0/s1. The van der Waals surface area contributed by atoms with Gasteiger partial charge in [-0.25, -0.2) is 23.8 Å². The van der Waals surface area contributed by atoms with Crippen LogP contribution >= 0.6 is 22.9 Å². The van der Waals surface area contributed by atoms with E-state index < -0.39 is 30.4 Å². The molecule has 2 N–H and O–H groups in total. The third kappa shape index (κ3) is 6.34. The van der Waals surface area contributed by atoms with Crippen molar-refractivity contribution >= 4 is 52.4 Å². The number of carboxylic acid groups (broad SMARTS) is 1. The van der Waals surface area contributed by atoms with Crippen LogP contribution in [0.15, 0.2) is 70.3 Å². The smallest absolute Gasteiger partial charge is 0.341 e. The van der Waals surface area contributed by atoms with Crippen molar-refractivity contribution in [2.75, 3.05) is 51.3 Å². The fourth-order valence-corrected chi connectivity index (χ4v) is 6.57. The molecule has 0 bridgehead atoms. The Hall–Kier alpha value is -4.53. The number of fused-ring (bicyclic) bond motifs is 1. The van der Waals surface area contributed by atoms with Crippen molar-refractivity contribution in [1.29, 1.82) is 0 Å². The second-order valence-corrected chi connectivity index (χ2v) is 11.8. The van der Waals surface area contributed by atoms with Crippen LogP contribution in [0.1, 0.15) is 16.6 Å². The summed E-state index contributed by atoms with van der Waals surface area (Å²) >= 11 is 7.84. The number of esters is 1. The van der Waals surface area contributed by atoms with E-state index in [2.05, 4.69) is 15.2 Å². The first kappa shape index (κ1) is 30.5. The van der Waals surface area contributed by atoms with Gasteiger partial charge < -0.3 is 24.8 Å². The first-order valence-electron chi connectivity index (χ1n) is 14.0. The number of amidine groups is 1. The van der Waals surface area contributed by atoms with Gasteiger partial charge in [-0.1, -0.05) is 23.7 Å². The number of urea groups is 1. The Bertz CT molecular complexity index is 1700. The number of hydrogen-bond donors (Lipinski definition) is 2. The highest BCUT2D eigenvalue weighted by Crippen LogP contribution is 2.37. The molecule has 3 aromatic rings. The number of aromatic nitrogens is 1. The van der Waals surface area contributed by atoms with Gasteiger partial charge in [0.1, 0.15) is 17.6 Å². The highest BCUT2D eigenvalue weighted by molar-refractivity contribution is 7.11. The summed E-state index contributed by atoms with van der Waals surface area (Å²) in [6.45, 7) is 1.74. The molecule has 4 heterocycles. The van der Waals surface area contributed by atoms with Crippen LogP contribution in [0.4, 0.5) is 14.9 Å². The fraction of sp³-hybridized carbons (Fsp3) is 0.300. The zero-order valence-corrected chi connectivity index (χ0v) is 25.6. The number of aliphatic imine (C=N–C) groups is 1. The van der Waals surface area contributed by atoms with E-state index in [9.17, 15) is 18.8 Å². The van der Waals surface area contributed by atoms with Gasteiger partial charge in [-0.05, 0) is 24.3 Å². The summed E-state index contributed by atoms with van der Waals surface area (Å²) in [5.74, 6) is -1.40. The molecule has 2 fully saturated rings. The van der Waals surface area contributed by atoms with E-state index in [0.717, 1.165) is 0 Å². The number of hydrogen-bond acceptors (Lipinski definition) is 10. The van der Waals surface area contributed by atoms with Crippen LogP contribution in [0.5, 0.6) is 5.75 Å². The van der Waals surface area contributed by atoms with E-state index in [1.54, 1.807) is 35.4 Å². The summed E-state index contributed by atoms with van der Waals surface area (Å²) in [5, 5.41) is 14.8. The number of methoxy groups -OCH3 is 1. The maximum absolute atomic E-state index is 14.0. The third-order valence-electron chi connectivity index (χ3n) is 7.73. The summed E-state index contributed by atoms with van der Waals surface area (Å²) in [5.41, 5.74) is 1.85. The zero-order chi connectivity index (χ0) is 31.7. The minimum atomic E-state index is -1.09. The lowest BCUT2D eigenvalue weighted by molar-refractivity contribution is -0.139. The lowest BCUT2D eigenvalue weighted by atomic mass is 9.95. The van der Waals surface area contributed by atoms with Crippen molar-refractivity contribution in [2.24, 2.45) is 4.99 Å². The summed E-state index contributed by atoms with van der Waals surface area (Å²) < 4.78 is 24.4. The van der Waals surface area contributed by atoms with E-state index in [4.69, 9.17) is 31.2 Å². The number of amides is 2. The number of aliphatic carboxylic acids is 1. The van der Waals surface area contributed by atoms with Gasteiger partial charge in [0, 0.05) is 72.3 Å². The first-order valence-corrected chi connectivity index (χ1v) is 15.2. The lowest BCUT2D eigenvalue weighted by Crippen LogP contribution is -2.53. The summed E-state index contributed by atoms with van der Waals surface area (Å²) in [7, 11) is 1.29. The van der Waals surface area contributed by atoms with Crippen LogP contribution in [0.2, 0.25) is 5.02 Å². The molecule has 2 atom stereocenters. The minimum Gasteiger partial charge on any atom is -0.482 e. The number of thiazole rings is 1. The number of benzene rings is 2. The molecule has 45 heavy (non-hydrogen) atoms. The number of anilines is 1. The molecule has 0 spiro atoms. The molecule has 3 aliphatic heterocycles. The van der Waals surface area contributed by atoms with E-state index in [1.165, 1.54) is 36.6 Å². The van der Waals surface area contributed by atoms with Gasteiger partial charge >= 0.3 is 18.0 Å². The van der Waals surface area contributed by atoms with Gasteiger partial charge in [0.15, 0.2) is 17.5 Å². The van der Waals surface area contributed by atoms with Crippen molar-refractivity contribution in [1.82, 2.24) is 20.1 Å². The average molecular weight is 655 g/mol. The molecule has 15 heteroatoms. The number of rotatable bonds is 9. The second-order valence-electron chi connectivity index (χ2n) is 10.5. The minimum absolute atomic E-state index is 0.125. The van der Waals surface area contributed by atoms with E-state index in [-0.39, 0.29) is 22.7 Å². The third-order valence-corrected chi connectivity index (χ3v) is 8.84. The number of carbonyl (C=O) groups excluding carboxylic acids is 2. The Kier molecular flexibility index (Phi) is 8.70. The molecule has 234 valence electrons. The van der Waals surface area contributed by atoms with Crippen LogP contribution in [-0.2, 0) is 14.3 Å². The molecular weight excluding hydrogens is 627 g/mol. The van der Waals surface area contributed by atoms with E-state index in [0.29, 0.717) is 66.3 Å². The highest BCUT2D eigenvalue weighted by Gasteiger charge is 2.42. The topological polar surface area (TPSA) is 137 Å². The molecule has 0 aliphatic carbocycles. The quantitative estimate of drug-likeness (QED) is 0.332. The first-order chi connectivity index (χ1) is 21.7. The number of halogens is 2. The van der Waals surface area contributed by atoms with Crippen LogP contribution < -0.4 is 15.0 Å². The van der Waals surface area contributed by atoms with Gasteiger partial charge in [0.2, 0.25) is 0 Å². The van der Waals surface area contributed by atoms with Crippen molar-refractivity contribution in [3.63, 3.8) is 0 Å². The Morgan fingerprint density at radius 2 is 2.04 bits per heavy atom. The predicted octanol–water partition coefficient (Wildman–Crippen LogP) is 3.54. The Morgan fingerprint density at radius 3 is 2.78 bits per heavy atom. The Morgan fingerprint density at radius 1 is 1.20 bits per heavy atom. The number of nitrogens with zero attached hydrogens (tertiary/aromatic N) is 5. The fourth-order valence-electron chi connectivity index (χ4n) is 5.71. The van der Waals surface area contributed by atoms with Crippen LogP contribution in [0.25, 0.3) is 0 Å². The van der Waals surface area contributed by atoms with Gasteiger partial charge in [0.25, 0.3) is 0 Å².